The van der Waals surface area contributed by atoms with Gasteiger partial charge in [0.25, 0.3) is 0 Å². The average Bonchev–Trinajstić information content (AvgIpc) is 3.12. The van der Waals surface area contributed by atoms with Gasteiger partial charge in [0.2, 0.25) is 0 Å². The van der Waals surface area contributed by atoms with Crippen molar-refractivity contribution in [2.45, 2.75) is 31.9 Å². The summed E-state index contributed by atoms with van der Waals surface area (Å²) in [7, 11) is 0. The van der Waals surface area contributed by atoms with Crippen LogP contribution in [0, 0.1) is 0 Å². The van der Waals surface area contributed by atoms with E-state index in [2.05, 4.69) is 42.8 Å². The molecule has 0 bridgehead atoms. The summed E-state index contributed by atoms with van der Waals surface area (Å²) in [6.45, 7) is 2.51. The number of pyridine rings is 1. The molecule has 6 nitrogen and oxygen atoms in total. The number of aromatic nitrogens is 4. The summed E-state index contributed by atoms with van der Waals surface area (Å²) in [5, 5.41) is 18.3. The zero-order valence-corrected chi connectivity index (χ0v) is 14.7. The van der Waals surface area contributed by atoms with Gasteiger partial charge in [-0.15, -0.1) is 10.2 Å². The van der Waals surface area contributed by atoms with E-state index in [9.17, 15) is 5.11 Å². The van der Waals surface area contributed by atoms with Gasteiger partial charge in [0.1, 0.15) is 18.2 Å². The lowest BCUT2D eigenvalue weighted by Crippen LogP contribution is -2.34. The van der Waals surface area contributed by atoms with Gasteiger partial charge in [0.05, 0.1) is 6.54 Å². The van der Waals surface area contributed by atoms with Gasteiger partial charge >= 0.3 is 0 Å². The number of aliphatic hydroxyl groups is 1. The highest BCUT2D eigenvalue weighted by Gasteiger charge is 2.26. The van der Waals surface area contributed by atoms with Crippen LogP contribution in [-0.4, -0.2) is 37.9 Å². The SMILES string of the molecule is OCc1nnc(C2CCN(c3ccccn3)CC2)n1Cc1ccccc1. The van der Waals surface area contributed by atoms with Crippen LogP contribution in [0.2, 0.25) is 0 Å². The lowest BCUT2D eigenvalue weighted by atomic mass is 9.95. The minimum Gasteiger partial charge on any atom is -0.388 e. The first-order valence-electron chi connectivity index (χ1n) is 9.08. The van der Waals surface area contributed by atoms with Crippen molar-refractivity contribution in [2.24, 2.45) is 0 Å². The third kappa shape index (κ3) is 3.46. The van der Waals surface area contributed by atoms with Crippen LogP contribution in [0.3, 0.4) is 0 Å². The Morgan fingerprint density at radius 2 is 1.73 bits per heavy atom. The number of benzene rings is 1. The summed E-state index contributed by atoms with van der Waals surface area (Å²) in [4.78, 5) is 6.77. The quantitative estimate of drug-likeness (QED) is 0.767. The van der Waals surface area contributed by atoms with E-state index in [0.717, 1.165) is 37.6 Å². The molecule has 0 amide bonds. The van der Waals surface area contributed by atoms with Crippen molar-refractivity contribution in [1.82, 2.24) is 19.7 Å². The molecule has 1 N–H and O–H groups in total. The van der Waals surface area contributed by atoms with Crippen molar-refractivity contribution in [2.75, 3.05) is 18.0 Å². The normalized spacial score (nSPS) is 15.3. The fraction of sp³-hybridized carbons (Fsp3) is 0.350. The van der Waals surface area contributed by atoms with Crippen molar-refractivity contribution >= 4 is 5.82 Å². The Labute approximate surface area is 153 Å². The maximum atomic E-state index is 9.66. The fourth-order valence-electron chi connectivity index (χ4n) is 3.61. The molecular formula is C20H23N5O. The second-order valence-electron chi connectivity index (χ2n) is 6.65. The zero-order valence-electron chi connectivity index (χ0n) is 14.7. The van der Waals surface area contributed by atoms with Crippen molar-refractivity contribution in [1.29, 1.82) is 0 Å². The third-order valence-corrected chi connectivity index (χ3v) is 5.01. The number of rotatable bonds is 5. The second kappa shape index (κ2) is 7.66. The van der Waals surface area contributed by atoms with Gasteiger partial charge in [0.15, 0.2) is 5.82 Å². The van der Waals surface area contributed by atoms with E-state index < -0.39 is 0 Å². The summed E-state index contributed by atoms with van der Waals surface area (Å²) >= 11 is 0. The average molecular weight is 349 g/mol. The number of anilines is 1. The largest absolute Gasteiger partial charge is 0.388 e. The Hall–Kier alpha value is -2.73. The summed E-state index contributed by atoms with van der Waals surface area (Å²) in [5.74, 6) is 3.01. The lowest BCUT2D eigenvalue weighted by molar-refractivity contribution is 0.264. The van der Waals surface area contributed by atoms with E-state index in [1.54, 1.807) is 0 Å². The minimum atomic E-state index is -0.0907. The predicted octanol–water partition coefficient (Wildman–Crippen LogP) is 2.60. The van der Waals surface area contributed by atoms with E-state index in [0.29, 0.717) is 18.3 Å². The van der Waals surface area contributed by atoms with Gasteiger partial charge in [-0.05, 0) is 30.5 Å². The Kier molecular flexibility index (Phi) is 4.93. The molecule has 134 valence electrons. The molecule has 0 unspecified atom stereocenters. The molecule has 3 aromatic rings. The molecule has 1 saturated heterocycles. The van der Waals surface area contributed by atoms with Gasteiger partial charge in [-0.25, -0.2) is 4.98 Å². The molecular weight excluding hydrogens is 326 g/mol. The molecule has 2 aromatic heterocycles. The highest BCUT2D eigenvalue weighted by Crippen LogP contribution is 2.29. The van der Waals surface area contributed by atoms with Crippen LogP contribution in [0.1, 0.15) is 36.0 Å². The van der Waals surface area contributed by atoms with Crippen LogP contribution in [0.15, 0.2) is 54.7 Å². The first-order chi connectivity index (χ1) is 12.8. The van der Waals surface area contributed by atoms with Gasteiger partial charge in [-0.3, -0.25) is 0 Å². The van der Waals surface area contributed by atoms with Crippen LogP contribution >= 0.6 is 0 Å². The summed E-state index contributed by atoms with van der Waals surface area (Å²) in [6.07, 6.45) is 3.86. The van der Waals surface area contributed by atoms with Crippen LogP contribution in [0.4, 0.5) is 5.82 Å². The molecule has 6 heteroatoms. The maximum Gasteiger partial charge on any atom is 0.159 e. The zero-order chi connectivity index (χ0) is 17.8. The van der Waals surface area contributed by atoms with Gasteiger partial charge in [-0.1, -0.05) is 36.4 Å². The maximum absolute atomic E-state index is 9.66. The lowest BCUT2D eigenvalue weighted by Gasteiger charge is -2.32. The predicted molar refractivity (Wildman–Crippen MR) is 99.9 cm³/mol. The number of piperidine rings is 1. The number of nitrogens with zero attached hydrogens (tertiary/aromatic N) is 5. The molecule has 0 saturated carbocycles. The van der Waals surface area contributed by atoms with E-state index in [-0.39, 0.29) is 6.61 Å². The Morgan fingerprint density at radius 1 is 0.962 bits per heavy atom. The van der Waals surface area contributed by atoms with Crippen LogP contribution in [0.25, 0.3) is 0 Å². The first-order valence-corrected chi connectivity index (χ1v) is 9.08. The van der Waals surface area contributed by atoms with Crippen molar-refractivity contribution in [3.63, 3.8) is 0 Å². The third-order valence-electron chi connectivity index (χ3n) is 5.01. The van der Waals surface area contributed by atoms with E-state index in [1.807, 2.05) is 36.5 Å². The van der Waals surface area contributed by atoms with Crippen molar-refractivity contribution in [3.8, 4) is 0 Å². The monoisotopic (exact) mass is 349 g/mol. The number of hydrogen-bond acceptors (Lipinski definition) is 5. The van der Waals surface area contributed by atoms with E-state index >= 15 is 0 Å². The summed E-state index contributed by atoms with van der Waals surface area (Å²) in [6, 6.07) is 16.3. The van der Waals surface area contributed by atoms with Gasteiger partial charge in [-0.2, -0.15) is 0 Å². The summed E-state index contributed by atoms with van der Waals surface area (Å²) < 4.78 is 2.08. The highest BCUT2D eigenvalue weighted by atomic mass is 16.3. The van der Waals surface area contributed by atoms with E-state index in [4.69, 9.17) is 0 Å². The molecule has 0 spiro atoms. The summed E-state index contributed by atoms with van der Waals surface area (Å²) in [5.41, 5.74) is 1.19. The molecule has 3 heterocycles. The van der Waals surface area contributed by atoms with Crippen molar-refractivity contribution in [3.05, 3.63) is 71.9 Å². The molecule has 1 aromatic carbocycles. The molecule has 4 rings (SSSR count). The smallest absolute Gasteiger partial charge is 0.159 e. The van der Waals surface area contributed by atoms with Gasteiger partial charge < -0.3 is 14.6 Å². The minimum absolute atomic E-state index is 0.0907. The van der Waals surface area contributed by atoms with Crippen molar-refractivity contribution < 1.29 is 5.11 Å². The molecule has 0 atom stereocenters. The molecule has 0 aliphatic carbocycles. The van der Waals surface area contributed by atoms with Crippen LogP contribution < -0.4 is 4.90 Å². The first kappa shape index (κ1) is 16.7. The standard InChI is InChI=1S/C20H23N5O/c26-15-19-22-23-20(25(19)14-16-6-2-1-3-7-16)17-9-12-24(13-10-17)18-8-4-5-11-21-18/h1-8,11,17,26H,9-10,12-15H2. The molecule has 1 aliphatic rings. The Bertz CT molecular complexity index is 826. The molecule has 26 heavy (non-hydrogen) atoms. The molecule has 0 radical (unpaired) electrons. The second-order valence-corrected chi connectivity index (χ2v) is 6.65. The Balaban J connectivity index is 1.51. The highest BCUT2D eigenvalue weighted by molar-refractivity contribution is 5.38. The molecule has 1 fully saturated rings. The number of aliphatic hydroxyl groups excluding tert-OH is 1. The Morgan fingerprint density at radius 3 is 2.42 bits per heavy atom. The van der Waals surface area contributed by atoms with E-state index in [1.165, 1.54) is 5.56 Å². The van der Waals surface area contributed by atoms with Crippen LogP contribution in [0.5, 0.6) is 0 Å². The van der Waals surface area contributed by atoms with Gasteiger partial charge in [0, 0.05) is 25.2 Å². The fourth-order valence-corrected chi connectivity index (χ4v) is 3.61. The topological polar surface area (TPSA) is 67.1 Å². The molecule has 1 aliphatic heterocycles. The van der Waals surface area contributed by atoms with Crippen LogP contribution in [-0.2, 0) is 13.2 Å². The number of hydrogen-bond donors (Lipinski definition) is 1.